The molecule has 1 amide bonds. The van der Waals surface area contributed by atoms with Gasteiger partial charge in [0.25, 0.3) is 5.91 Å². The summed E-state index contributed by atoms with van der Waals surface area (Å²) < 4.78 is 1.92. The van der Waals surface area contributed by atoms with Crippen molar-refractivity contribution in [1.82, 2.24) is 15.1 Å². The van der Waals surface area contributed by atoms with Crippen molar-refractivity contribution in [1.29, 1.82) is 0 Å². The molecule has 138 valence electrons. The Kier molecular flexibility index (Phi) is 4.77. The first-order chi connectivity index (χ1) is 13.1. The number of amides is 1. The Morgan fingerprint density at radius 2 is 2.04 bits per heavy atom. The van der Waals surface area contributed by atoms with E-state index in [1.165, 1.54) is 22.3 Å². The number of hydrogen-bond acceptors (Lipinski definition) is 3. The molecule has 2 heterocycles. The van der Waals surface area contributed by atoms with E-state index in [1.54, 1.807) is 0 Å². The first kappa shape index (κ1) is 17.5. The van der Waals surface area contributed by atoms with E-state index < -0.39 is 0 Å². The molecule has 0 radical (unpaired) electrons. The van der Waals surface area contributed by atoms with Crippen LogP contribution in [0, 0.1) is 13.8 Å². The van der Waals surface area contributed by atoms with Gasteiger partial charge in [0, 0.05) is 23.9 Å². The van der Waals surface area contributed by atoms with E-state index in [0.717, 1.165) is 25.2 Å². The van der Waals surface area contributed by atoms with Gasteiger partial charge in [-0.1, -0.05) is 35.9 Å². The Morgan fingerprint density at radius 3 is 2.89 bits per heavy atom. The number of benzene rings is 2. The molecule has 0 aliphatic carbocycles. The standard InChI is InChI=1S/C22H24N4O/c1-15-4-3-5-17(10-15)14-26-16(2)11-21(25-26)24-22(27)19-6-7-20-13-23-9-8-18(20)12-19/h3-7,10-12,23H,8-9,13-14H2,1-2H3,(H,24,25,27). The van der Waals surface area contributed by atoms with Crippen molar-refractivity contribution in [2.24, 2.45) is 0 Å². The Labute approximate surface area is 159 Å². The minimum Gasteiger partial charge on any atom is -0.312 e. The van der Waals surface area contributed by atoms with Gasteiger partial charge in [0.2, 0.25) is 0 Å². The molecule has 1 aromatic heterocycles. The smallest absolute Gasteiger partial charge is 0.256 e. The second-order valence-corrected chi connectivity index (χ2v) is 7.18. The van der Waals surface area contributed by atoms with E-state index in [1.807, 2.05) is 35.9 Å². The van der Waals surface area contributed by atoms with Crippen LogP contribution in [0.1, 0.15) is 38.3 Å². The highest BCUT2D eigenvalue weighted by Gasteiger charge is 2.14. The van der Waals surface area contributed by atoms with Crippen LogP contribution in [-0.4, -0.2) is 22.2 Å². The molecule has 5 heteroatoms. The topological polar surface area (TPSA) is 59.0 Å². The Balaban J connectivity index is 1.49. The average molecular weight is 360 g/mol. The van der Waals surface area contributed by atoms with Crippen molar-refractivity contribution >= 4 is 11.7 Å². The van der Waals surface area contributed by atoms with Crippen LogP contribution in [0.15, 0.2) is 48.5 Å². The maximum absolute atomic E-state index is 12.6. The SMILES string of the molecule is Cc1cccc(Cn2nc(NC(=O)c3ccc4c(c3)CCNC4)cc2C)c1. The highest BCUT2D eigenvalue weighted by atomic mass is 16.1. The van der Waals surface area contributed by atoms with Gasteiger partial charge in [0.05, 0.1) is 6.54 Å². The van der Waals surface area contributed by atoms with Gasteiger partial charge in [-0.2, -0.15) is 5.10 Å². The lowest BCUT2D eigenvalue weighted by Gasteiger charge is -2.17. The monoisotopic (exact) mass is 360 g/mol. The number of rotatable bonds is 4. The Hall–Kier alpha value is -2.92. The summed E-state index contributed by atoms with van der Waals surface area (Å²) in [5.41, 5.74) is 6.65. The van der Waals surface area contributed by atoms with E-state index in [2.05, 4.69) is 46.9 Å². The number of nitrogens with zero attached hydrogens (tertiary/aromatic N) is 2. The number of anilines is 1. The van der Waals surface area contributed by atoms with Crippen molar-refractivity contribution in [2.75, 3.05) is 11.9 Å². The lowest BCUT2D eigenvalue weighted by atomic mass is 9.98. The molecule has 0 fully saturated rings. The average Bonchev–Trinajstić information content (AvgIpc) is 3.00. The molecule has 27 heavy (non-hydrogen) atoms. The van der Waals surface area contributed by atoms with Crippen LogP contribution in [0.25, 0.3) is 0 Å². The molecular weight excluding hydrogens is 336 g/mol. The molecule has 5 nitrogen and oxygen atoms in total. The number of aromatic nitrogens is 2. The second-order valence-electron chi connectivity index (χ2n) is 7.18. The van der Waals surface area contributed by atoms with E-state index in [4.69, 9.17) is 0 Å². The van der Waals surface area contributed by atoms with Crippen LogP contribution in [0.5, 0.6) is 0 Å². The summed E-state index contributed by atoms with van der Waals surface area (Å²) in [4.78, 5) is 12.6. The first-order valence-corrected chi connectivity index (χ1v) is 9.32. The molecule has 2 aromatic carbocycles. The molecule has 0 atom stereocenters. The zero-order valence-electron chi connectivity index (χ0n) is 15.7. The number of nitrogens with one attached hydrogen (secondary N) is 2. The summed E-state index contributed by atoms with van der Waals surface area (Å²) in [6.45, 7) is 6.61. The van der Waals surface area contributed by atoms with Crippen molar-refractivity contribution in [3.8, 4) is 0 Å². The number of fused-ring (bicyclic) bond motifs is 1. The highest BCUT2D eigenvalue weighted by molar-refractivity contribution is 6.04. The molecule has 0 saturated carbocycles. The largest absolute Gasteiger partial charge is 0.312 e. The normalized spacial score (nSPS) is 13.3. The third kappa shape index (κ3) is 3.93. The van der Waals surface area contributed by atoms with Crippen molar-refractivity contribution in [2.45, 2.75) is 33.4 Å². The van der Waals surface area contributed by atoms with Crippen LogP contribution in [0.2, 0.25) is 0 Å². The van der Waals surface area contributed by atoms with E-state index in [0.29, 0.717) is 17.9 Å². The van der Waals surface area contributed by atoms with Gasteiger partial charge in [-0.3, -0.25) is 9.48 Å². The summed E-state index contributed by atoms with van der Waals surface area (Å²) >= 11 is 0. The summed E-state index contributed by atoms with van der Waals surface area (Å²) in [7, 11) is 0. The first-order valence-electron chi connectivity index (χ1n) is 9.32. The van der Waals surface area contributed by atoms with Crippen LogP contribution in [-0.2, 0) is 19.5 Å². The van der Waals surface area contributed by atoms with Gasteiger partial charge in [0.15, 0.2) is 5.82 Å². The summed E-state index contributed by atoms with van der Waals surface area (Å²) in [6.07, 6.45) is 0.959. The van der Waals surface area contributed by atoms with Crippen molar-refractivity contribution < 1.29 is 4.79 Å². The van der Waals surface area contributed by atoms with Crippen LogP contribution in [0.3, 0.4) is 0 Å². The molecule has 3 aromatic rings. The minimum absolute atomic E-state index is 0.114. The number of carbonyl (C=O) groups is 1. The summed E-state index contributed by atoms with van der Waals surface area (Å²) in [6, 6.07) is 16.2. The van der Waals surface area contributed by atoms with E-state index >= 15 is 0 Å². The molecular formula is C22H24N4O. The second kappa shape index (κ2) is 7.37. The van der Waals surface area contributed by atoms with Crippen molar-refractivity contribution in [3.05, 3.63) is 82.0 Å². The summed E-state index contributed by atoms with van der Waals surface area (Å²) in [5, 5.41) is 10.8. The van der Waals surface area contributed by atoms with Crippen LogP contribution in [0.4, 0.5) is 5.82 Å². The third-order valence-corrected chi connectivity index (χ3v) is 4.99. The fourth-order valence-corrected chi connectivity index (χ4v) is 3.52. The van der Waals surface area contributed by atoms with Gasteiger partial charge in [0.1, 0.15) is 0 Å². The Morgan fingerprint density at radius 1 is 1.15 bits per heavy atom. The Bertz CT molecular complexity index is 990. The zero-order valence-corrected chi connectivity index (χ0v) is 15.7. The fourth-order valence-electron chi connectivity index (χ4n) is 3.52. The molecule has 4 rings (SSSR count). The predicted octanol–water partition coefficient (Wildman–Crippen LogP) is 3.45. The molecule has 0 unspecified atom stereocenters. The van der Waals surface area contributed by atoms with Gasteiger partial charge in [-0.25, -0.2) is 0 Å². The summed E-state index contributed by atoms with van der Waals surface area (Å²) in [5.74, 6) is 0.473. The van der Waals surface area contributed by atoms with Crippen LogP contribution < -0.4 is 10.6 Å². The molecule has 0 spiro atoms. The maximum Gasteiger partial charge on any atom is 0.256 e. The number of aryl methyl sites for hydroxylation is 2. The fraction of sp³-hybridized carbons (Fsp3) is 0.273. The van der Waals surface area contributed by atoms with Gasteiger partial charge in [-0.15, -0.1) is 0 Å². The maximum atomic E-state index is 12.6. The quantitative estimate of drug-likeness (QED) is 0.749. The zero-order chi connectivity index (χ0) is 18.8. The molecule has 0 bridgehead atoms. The van der Waals surface area contributed by atoms with Gasteiger partial charge < -0.3 is 10.6 Å². The highest BCUT2D eigenvalue weighted by Crippen LogP contribution is 2.18. The lowest BCUT2D eigenvalue weighted by Crippen LogP contribution is -2.24. The molecule has 2 N–H and O–H groups in total. The lowest BCUT2D eigenvalue weighted by molar-refractivity contribution is 0.102. The van der Waals surface area contributed by atoms with E-state index in [9.17, 15) is 4.79 Å². The minimum atomic E-state index is -0.114. The number of carbonyl (C=O) groups excluding carboxylic acids is 1. The molecule has 0 saturated heterocycles. The van der Waals surface area contributed by atoms with Gasteiger partial charge >= 0.3 is 0 Å². The number of hydrogen-bond donors (Lipinski definition) is 2. The predicted molar refractivity (Wildman–Crippen MR) is 107 cm³/mol. The molecule has 1 aliphatic heterocycles. The molecule has 1 aliphatic rings. The van der Waals surface area contributed by atoms with Gasteiger partial charge in [-0.05, 0) is 55.6 Å². The van der Waals surface area contributed by atoms with Crippen molar-refractivity contribution in [3.63, 3.8) is 0 Å². The van der Waals surface area contributed by atoms with Crippen LogP contribution >= 0.6 is 0 Å². The third-order valence-electron chi connectivity index (χ3n) is 4.99. The van der Waals surface area contributed by atoms with E-state index in [-0.39, 0.29) is 5.91 Å².